The quantitative estimate of drug-likeness (QED) is 0.625. The number of halogens is 2. The van der Waals surface area contributed by atoms with Crippen LogP contribution in [0.2, 0.25) is 0 Å². The second kappa shape index (κ2) is 6.61. The van der Waals surface area contributed by atoms with Gasteiger partial charge >= 0.3 is 0 Å². The highest BCUT2D eigenvalue weighted by Gasteiger charge is 2.20. The summed E-state index contributed by atoms with van der Waals surface area (Å²) in [5.74, 6) is 5.27. The summed E-state index contributed by atoms with van der Waals surface area (Å²) in [5.41, 5.74) is 3.35. The first-order valence-corrected chi connectivity index (χ1v) is 6.64. The molecule has 0 saturated heterocycles. The maximum absolute atomic E-state index is 13.3. The SMILES string of the molecule is COC(C)(C)CCC(NN)c1cc(F)cc(Br)c1. The van der Waals surface area contributed by atoms with Crippen molar-refractivity contribution in [3.05, 3.63) is 34.1 Å². The van der Waals surface area contributed by atoms with E-state index >= 15 is 0 Å². The van der Waals surface area contributed by atoms with E-state index in [0.29, 0.717) is 4.47 Å². The molecule has 0 radical (unpaired) electrons. The Kier molecular flexibility index (Phi) is 5.72. The van der Waals surface area contributed by atoms with E-state index in [4.69, 9.17) is 10.6 Å². The van der Waals surface area contributed by atoms with Gasteiger partial charge in [0, 0.05) is 17.6 Å². The molecule has 0 aliphatic carbocycles. The van der Waals surface area contributed by atoms with Crippen LogP contribution in [0.1, 0.15) is 38.3 Å². The number of nitrogens with two attached hydrogens (primary N) is 1. The molecule has 0 heterocycles. The van der Waals surface area contributed by atoms with Crippen molar-refractivity contribution in [2.45, 2.75) is 38.3 Å². The van der Waals surface area contributed by atoms with E-state index in [-0.39, 0.29) is 17.5 Å². The Morgan fingerprint density at radius 1 is 1.44 bits per heavy atom. The predicted molar refractivity (Wildman–Crippen MR) is 74.5 cm³/mol. The Hall–Kier alpha value is -0.490. The van der Waals surface area contributed by atoms with Gasteiger partial charge in [0.25, 0.3) is 0 Å². The summed E-state index contributed by atoms with van der Waals surface area (Å²) in [7, 11) is 1.68. The second-order valence-corrected chi connectivity index (χ2v) is 5.84. The molecule has 102 valence electrons. The van der Waals surface area contributed by atoms with E-state index in [2.05, 4.69) is 21.4 Å². The van der Waals surface area contributed by atoms with Crippen LogP contribution < -0.4 is 11.3 Å². The summed E-state index contributed by atoms with van der Waals surface area (Å²) >= 11 is 3.28. The number of nitrogens with one attached hydrogen (secondary N) is 1. The van der Waals surface area contributed by atoms with Gasteiger partial charge in [-0.1, -0.05) is 15.9 Å². The summed E-state index contributed by atoms with van der Waals surface area (Å²) in [6, 6.07) is 4.70. The lowest BCUT2D eigenvalue weighted by Crippen LogP contribution is -2.31. The van der Waals surface area contributed by atoms with Crippen molar-refractivity contribution >= 4 is 15.9 Å². The second-order valence-electron chi connectivity index (χ2n) is 4.92. The van der Waals surface area contributed by atoms with E-state index in [1.165, 1.54) is 12.1 Å². The van der Waals surface area contributed by atoms with Crippen LogP contribution in [-0.2, 0) is 4.74 Å². The number of rotatable bonds is 6. The highest BCUT2D eigenvalue weighted by Crippen LogP contribution is 2.26. The van der Waals surface area contributed by atoms with Crippen molar-refractivity contribution in [1.29, 1.82) is 0 Å². The molecule has 0 aliphatic heterocycles. The fraction of sp³-hybridized carbons (Fsp3) is 0.538. The van der Waals surface area contributed by atoms with E-state index < -0.39 is 0 Å². The first kappa shape index (κ1) is 15.6. The molecule has 1 aromatic rings. The van der Waals surface area contributed by atoms with Crippen molar-refractivity contribution < 1.29 is 9.13 Å². The molecule has 3 nitrogen and oxygen atoms in total. The van der Waals surface area contributed by atoms with Gasteiger partial charge in [-0.3, -0.25) is 11.3 Å². The molecule has 0 amide bonds. The standard InChI is InChI=1S/C13H20BrFN2O/c1-13(2,18-3)5-4-12(17-16)9-6-10(14)8-11(15)7-9/h6-8,12,17H,4-5,16H2,1-3H3. The maximum Gasteiger partial charge on any atom is 0.124 e. The van der Waals surface area contributed by atoms with Gasteiger partial charge in [0.1, 0.15) is 5.82 Å². The lowest BCUT2D eigenvalue weighted by Gasteiger charge is -2.26. The molecule has 1 atom stereocenters. The Labute approximate surface area is 116 Å². The van der Waals surface area contributed by atoms with Crippen molar-refractivity contribution in [2.24, 2.45) is 5.84 Å². The molecule has 1 aromatic carbocycles. The smallest absolute Gasteiger partial charge is 0.124 e. The van der Waals surface area contributed by atoms with Crippen molar-refractivity contribution in [3.8, 4) is 0 Å². The number of hydrogen-bond acceptors (Lipinski definition) is 3. The van der Waals surface area contributed by atoms with E-state index in [0.717, 1.165) is 18.4 Å². The molecule has 1 unspecified atom stereocenters. The maximum atomic E-state index is 13.3. The van der Waals surface area contributed by atoms with Gasteiger partial charge < -0.3 is 4.74 Å². The average Bonchev–Trinajstić information content (AvgIpc) is 2.28. The minimum atomic E-state index is -0.273. The summed E-state index contributed by atoms with van der Waals surface area (Å²) in [6.45, 7) is 4.03. The first-order valence-electron chi connectivity index (χ1n) is 5.85. The van der Waals surface area contributed by atoms with Gasteiger partial charge in [0.2, 0.25) is 0 Å². The number of methoxy groups -OCH3 is 1. The Bertz CT molecular complexity index is 378. The third-order valence-corrected chi connectivity index (χ3v) is 3.53. The third-order valence-electron chi connectivity index (χ3n) is 3.08. The molecule has 0 bridgehead atoms. The zero-order chi connectivity index (χ0) is 13.8. The van der Waals surface area contributed by atoms with Gasteiger partial charge in [-0.05, 0) is 50.5 Å². The van der Waals surface area contributed by atoms with Crippen LogP contribution in [0.3, 0.4) is 0 Å². The van der Waals surface area contributed by atoms with Crippen LogP contribution >= 0.6 is 15.9 Å². The van der Waals surface area contributed by atoms with Gasteiger partial charge in [-0.15, -0.1) is 0 Å². The largest absolute Gasteiger partial charge is 0.379 e. The Morgan fingerprint density at radius 2 is 2.11 bits per heavy atom. The van der Waals surface area contributed by atoms with Crippen LogP contribution in [0, 0.1) is 5.82 Å². The highest BCUT2D eigenvalue weighted by atomic mass is 79.9. The molecule has 0 aromatic heterocycles. The molecule has 0 aliphatic rings. The molecule has 3 N–H and O–H groups in total. The number of ether oxygens (including phenoxy) is 1. The van der Waals surface area contributed by atoms with Crippen LogP contribution in [0.4, 0.5) is 4.39 Å². The van der Waals surface area contributed by atoms with Crippen molar-refractivity contribution in [3.63, 3.8) is 0 Å². The van der Waals surface area contributed by atoms with E-state index in [1.807, 2.05) is 19.9 Å². The van der Waals surface area contributed by atoms with Gasteiger partial charge in [0.15, 0.2) is 0 Å². The van der Waals surface area contributed by atoms with Gasteiger partial charge in [0.05, 0.1) is 5.60 Å². The minimum absolute atomic E-state index is 0.0913. The minimum Gasteiger partial charge on any atom is -0.379 e. The molecule has 0 spiro atoms. The average molecular weight is 319 g/mol. The monoisotopic (exact) mass is 318 g/mol. The number of benzene rings is 1. The van der Waals surface area contributed by atoms with Crippen LogP contribution in [0.5, 0.6) is 0 Å². The highest BCUT2D eigenvalue weighted by molar-refractivity contribution is 9.10. The molecular weight excluding hydrogens is 299 g/mol. The van der Waals surface area contributed by atoms with Crippen molar-refractivity contribution in [1.82, 2.24) is 5.43 Å². The molecule has 18 heavy (non-hydrogen) atoms. The third kappa shape index (κ3) is 4.65. The zero-order valence-electron chi connectivity index (χ0n) is 11.0. The molecule has 0 fully saturated rings. The molecule has 0 saturated carbocycles. The predicted octanol–water partition coefficient (Wildman–Crippen LogP) is 3.30. The van der Waals surface area contributed by atoms with Gasteiger partial charge in [-0.2, -0.15) is 0 Å². The molecular formula is C13H20BrFN2O. The normalized spacial score (nSPS) is 13.7. The summed E-state index contributed by atoms with van der Waals surface area (Å²) in [4.78, 5) is 0. The van der Waals surface area contributed by atoms with E-state index in [9.17, 15) is 4.39 Å². The first-order chi connectivity index (χ1) is 8.38. The zero-order valence-corrected chi connectivity index (χ0v) is 12.6. The van der Waals surface area contributed by atoms with Crippen LogP contribution in [0.15, 0.2) is 22.7 Å². The fourth-order valence-corrected chi connectivity index (χ4v) is 2.20. The lowest BCUT2D eigenvalue weighted by molar-refractivity contribution is 0.0117. The summed E-state index contributed by atoms with van der Waals surface area (Å²) in [5, 5.41) is 0. The molecule has 1 rings (SSSR count). The Morgan fingerprint density at radius 3 is 2.61 bits per heavy atom. The van der Waals surface area contributed by atoms with Crippen LogP contribution in [0.25, 0.3) is 0 Å². The number of hydrazine groups is 1. The lowest BCUT2D eigenvalue weighted by atomic mass is 9.95. The summed E-state index contributed by atoms with van der Waals surface area (Å²) < 4.78 is 19.4. The van der Waals surface area contributed by atoms with E-state index in [1.54, 1.807) is 7.11 Å². The van der Waals surface area contributed by atoms with Crippen LogP contribution in [-0.4, -0.2) is 12.7 Å². The number of hydrogen-bond donors (Lipinski definition) is 2. The Balaban J connectivity index is 2.77. The van der Waals surface area contributed by atoms with Crippen molar-refractivity contribution in [2.75, 3.05) is 7.11 Å². The topological polar surface area (TPSA) is 47.3 Å². The summed E-state index contributed by atoms with van der Waals surface area (Å²) in [6.07, 6.45) is 1.60. The molecule has 5 heteroatoms. The fourth-order valence-electron chi connectivity index (χ4n) is 1.72. The van der Waals surface area contributed by atoms with Gasteiger partial charge in [-0.25, -0.2) is 4.39 Å².